The van der Waals surface area contributed by atoms with Gasteiger partial charge in [-0.15, -0.1) is 0 Å². The number of benzene rings is 4. The zero-order chi connectivity index (χ0) is 29.9. The van der Waals surface area contributed by atoms with Gasteiger partial charge in [0, 0.05) is 18.2 Å². The molecular formula is C34H33FN3O2PS. The average Bonchev–Trinajstić information content (AvgIpc) is 3.00. The van der Waals surface area contributed by atoms with Crippen molar-refractivity contribution in [2.24, 2.45) is 0 Å². The largest absolute Gasteiger partial charge is 0.241 e. The van der Waals surface area contributed by atoms with Gasteiger partial charge >= 0.3 is 0 Å². The van der Waals surface area contributed by atoms with Gasteiger partial charge in [0.1, 0.15) is 5.82 Å². The second kappa shape index (κ2) is 12.0. The van der Waals surface area contributed by atoms with Crippen LogP contribution in [0.4, 0.5) is 10.3 Å². The highest BCUT2D eigenvalue weighted by Gasteiger charge is 2.29. The van der Waals surface area contributed by atoms with E-state index in [4.69, 9.17) is 9.97 Å². The van der Waals surface area contributed by atoms with Gasteiger partial charge in [-0.25, -0.2) is 27.1 Å². The molecule has 0 amide bonds. The average molecular weight is 598 g/mol. The van der Waals surface area contributed by atoms with Crippen LogP contribution in [0.1, 0.15) is 31.0 Å². The maximum Gasteiger partial charge on any atom is 0.239 e. The zero-order valence-corrected chi connectivity index (χ0v) is 25.7. The quantitative estimate of drug-likeness (QED) is 0.208. The van der Waals surface area contributed by atoms with E-state index in [0.717, 1.165) is 32.0 Å². The molecule has 0 atom stereocenters. The van der Waals surface area contributed by atoms with E-state index in [1.54, 1.807) is 12.1 Å². The minimum Gasteiger partial charge on any atom is -0.241 e. The van der Waals surface area contributed by atoms with Crippen LogP contribution in [0.15, 0.2) is 115 Å². The van der Waals surface area contributed by atoms with Crippen molar-refractivity contribution < 1.29 is 12.8 Å². The Hall–Kier alpha value is -4.06. The molecule has 0 radical (unpaired) electrons. The molecule has 0 saturated carbocycles. The van der Waals surface area contributed by atoms with Crippen molar-refractivity contribution in [3.8, 4) is 11.3 Å². The highest BCUT2D eigenvalue weighted by atomic mass is 32.2. The number of hydrogen-bond donors (Lipinski definition) is 0. The Balaban J connectivity index is 2.00. The molecule has 0 fully saturated rings. The lowest BCUT2D eigenvalue weighted by atomic mass is 10.00. The first-order chi connectivity index (χ1) is 20.1. The molecule has 0 bridgehead atoms. The van der Waals surface area contributed by atoms with Crippen molar-refractivity contribution in [1.29, 1.82) is 0 Å². The molecule has 0 spiro atoms. The first-order valence-corrected chi connectivity index (χ1v) is 17.3. The summed E-state index contributed by atoms with van der Waals surface area (Å²) in [5, 5.41) is 3.46. The Bertz CT molecular complexity index is 1740. The normalized spacial score (nSPS) is 11.9. The molecule has 214 valence electrons. The van der Waals surface area contributed by atoms with Gasteiger partial charge in [-0.05, 0) is 58.8 Å². The molecule has 42 heavy (non-hydrogen) atoms. The minimum atomic E-state index is -3.64. The van der Waals surface area contributed by atoms with Crippen molar-refractivity contribution in [3.05, 3.63) is 132 Å². The lowest BCUT2D eigenvalue weighted by Crippen LogP contribution is -2.29. The van der Waals surface area contributed by atoms with Gasteiger partial charge in [0.2, 0.25) is 16.0 Å². The molecule has 4 aromatic carbocycles. The summed E-state index contributed by atoms with van der Waals surface area (Å²) < 4.78 is 40.3. The molecule has 0 aliphatic heterocycles. The van der Waals surface area contributed by atoms with Gasteiger partial charge in [-0.2, -0.15) is 0 Å². The standard InChI is InChI=1S/C34H33FN3O2PS/c1-25(2)32-31(33(26-20-22-27(35)23-21-26)37-34(36-32)38(3)42(4,39)40)24-41(28-14-8-5-9-15-28,29-16-10-6-11-17-29)30-18-12-7-13-19-30/h5-25H,1-4H3. The van der Waals surface area contributed by atoms with E-state index < -0.39 is 16.9 Å². The summed E-state index contributed by atoms with van der Waals surface area (Å²) in [7, 11) is -2.19. The first kappa shape index (κ1) is 29.4. The topological polar surface area (TPSA) is 63.2 Å². The minimum absolute atomic E-state index is 0.0701. The number of anilines is 1. The summed E-state index contributed by atoms with van der Waals surface area (Å²) in [4.78, 5) is 9.70. The van der Waals surface area contributed by atoms with Gasteiger partial charge in [-0.1, -0.05) is 105 Å². The van der Waals surface area contributed by atoms with Crippen molar-refractivity contribution in [1.82, 2.24) is 9.97 Å². The third-order valence-electron chi connectivity index (χ3n) is 7.22. The van der Waals surface area contributed by atoms with Crippen LogP contribution in [0.3, 0.4) is 0 Å². The molecule has 0 unspecified atom stereocenters. The summed E-state index contributed by atoms with van der Waals surface area (Å²) in [6.45, 7) is 1.59. The summed E-state index contributed by atoms with van der Waals surface area (Å²) in [5.74, 6) is 1.93. The van der Waals surface area contributed by atoms with Crippen LogP contribution >= 0.6 is 6.89 Å². The van der Waals surface area contributed by atoms with Crippen LogP contribution in [-0.4, -0.2) is 37.5 Å². The molecule has 5 nitrogen and oxygen atoms in total. The second-order valence-corrected chi connectivity index (χ2v) is 15.7. The molecule has 0 aliphatic carbocycles. The van der Waals surface area contributed by atoms with E-state index in [-0.39, 0.29) is 17.7 Å². The van der Waals surface area contributed by atoms with Crippen LogP contribution in [0.2, 0.25) is 0 Å². The SMILES string of the molecule is CC(C)c1nc(N(C)S(C)(=O)=O)nc(-c2ccc(F)cc2)c1C=P(c1ccccc1)(c1ccccc1)c1ccccc1. The van der Waals surface area contributed by atoms with Crippen LogP contribution in [0, 0.1) is 5.82 Å². The van der Waals surface area contributed by atoms with E-state index in [1.165, 1.54) is 19.2 Å². The molecule has 0 saturated heterocycles. The Labute approximate surface area is 247 Å². The molecule has 1 heterocycles. The lowest BCUT2D eigenvalue weighted by Gasteiger charge is -2.30. The number of sulfonamides is 1. The molecule has 5 aromatic rings. The Morgan fingerprint density at radius 3 is 1.60 bits per heavy atom. The van der Waals surface area contributed by atoms with E-state index in [1.807, 2.05) is 32.0 Å². The van der Waals surface area contributed by atoms with Crippen molar-refractivity contribution >= 4 is 44.6 Å². The van der Waals surface area contributed by atoms with Gasteiger partial charge in [0.15, 0.2) is 0 Å². The van der Waals surface area contributed by atoms with Crippen LogP contribution in [0.5, 0.6) is 0 Å². The number of nitrogens with zero attached hydrogens (tertiary/aromatic N) is 3. The maximum atomic E-state index is 14.1. The van der Waals surface area contributed by atoms with Crippen molar-refractivity contribution in [3.63, 3.8) is 0 Å². The van der Waals surface area contributed by atoms with Crippen LogP contribution in [0.25, 0.3) is 11.3 Å². The zero-order valence-electron chi connectivity index (χ0n) is 24.0. The third kappa shape index (κ3) is 5.80. The molecule has 8 heteroatoms. The highest BCUT2D eigenvalue weighted by Crippen LogP contribution is 2.46. The van der Waals surface area contributed by atoms with Gasteiger partial charge in [0.25, 0.3) is 0 Å². The monoisotopic (exact) mass is 597 g/mol. The molecule has 0 N–H and O–H groups in total. The Kier molecular flexibility index (Phi) is 8.44. The third-order valence-corrected chi connectivity index (χ3v) is 12.4. The fourth-order valence-corrected chi connectivity index (χ4v) is 9.30. The number of halogens is 1. The van der Waals surface area contributed by atoms with E-state index in [0.29, 0.717) is 17.0 Å². The smallest absolute Gasteiger partial charge is 0.239 e. The molecule has 5 rings (SSSR count). The summed E-state index contributed by atoms with van der Waals surface area (Å²) in [6.07, 6.45) is 1.12. The van der Waals surface area contributed by atoms with E-state index in [2.05, 4.69) is 78.6 Å². The Morgan fingerprint density at radius 2 is 1.19 bits per heavy atom. The number of hydrogen-bond acceptors (Lipinski definition) is 4. The lowest BCUT2D eigenvalue weighted by molar-refractivity contribution is 0.599. The molecular weight excluding hydrogens is 564 g/mol. The van der Waals surface area contributed by atoms with Crippen LogP contribution in [-0.2, 0) is 10.0 Å². The second-order valence-electron chi connectivity index (χ2n) is 10.4. The fraction of sp³-hybridized carbons (Fsp3) is 0.147. The molecule has 0 aliphatic rings. The van der Waals surface area contributed by atoms with Gasteiger partial charge in [0.05, 0.1) is 17.6 Å². The van der Waals surface area contributed by atoms with Crippen LogP contribution < -0.4 is 20.2 Å². The van der Waals surface area contributed by atoms with Crippen molar-refractivity contribution in [2.45, 2.75) is 19.8 Å². The number of aromatic nitrogens is 2. The Morgan fingerprint density at radius 1 is 0.738 bits per heavy atom. The fourth-order valence-electron chi connectivity index (χ4n) is 5.01. The summed E-state index contributed by atoms with van der Waals surface area (Å²) in [6, 6.07) is 37.4. The molecule has 1 aromatic heterocycles. The van der Waals surface area contributed by atoms with Gasteiger partial charge < -0.3 is 0 Å². The van der Waals surface area contributed by atoms with E-state index >= 15 is 0 Å². The highest BCUT2D eigenvalue weighted by molar-refractivity contribution is 7.94. The van der Waals surface area contributed by atoms with Crippen molar-refractivity contribution in [2.75, 3.05) is 17.6 Å². The predicted molar refractivity (Wildman–Crippen MR) is 175 cm³/mol. The van der Waals surface area contributed by atoms with E-state index in [9.17, 15) is 12.8 Å². The number of rotatable bonds is 8. The summed E-state index contributed by atoms with van der Waals surface area (Å²) in [5.41, 5.74) is 2.72. The summed E-state index contributed by atoms with van der Waals surface area (Å²) >= 11 is 0. The van der Waals surface area contributed by atoms with Gasteiger partial charge in [-0.3, -0.25) is 0 Å². The first-order valence-electron chi connectivity index (χ1n) is 13.6. The predicted octanol–water partition coefficient (Wildman–Crippen LogP) is 5.95. The maximum absolute atomic E-state index is 14.1.